The Morgan fingerprint density at radius 1 is 1.26 bits per heavy atom. The Morgan fingerprint density at radius 2 is 2.05 bits per heavy atom. The average molecular weight is 256 g/mol. The van der Waals surface area contributed by atoms with E-state index in [1.807, 2.05) is 6.07 Å². The molecule has 0 atom stereocenters. The van der Waals surface area contributed by atoms with Crippen molar-refractivity contribution in [2.24, 2.45) is 0 Å². The highest BCUT2D eigenvalue weighted by molar-refractivity contribution is 5.89. The number of hydrogen-bond acceptors (Lipinski definition) is 3. The van der Waals surface area contributed by atoms with Gasteiger partial charge < -0.3 is 10.4 Å². The van der Waals surface area contributed by atoms with Crippen LogP contribution in [0.4, 0.5) is 15.8 Å². The van der Waals surface area contributed by atoms with E-state index in [0.717, 1.165) is 6.07 Å². The Balaban J connectivity index is 2.34. The van der Waals surface area contributed by atoms with Crippen molar-refractivity contribution in [3.05, 3.63) is 59.4 Å². The molecule has 0 heterocycles. The first-order valence-electron chi connectivity index (χ1n) is 5.40. The second-order valence-electron chi connectivity index (χ2n) is 3.81. The third-order valence-electron chi connectivity index (χ3n) is 2.49. The van der Waals surface area contributed by atoms with Crippen LogP contribution in [0.2, 0.25) is 0 Å². The molecule has 0 aliphatic rings. The molecular formula is C14H9FN2O2. The predicted molar refractivity (Wildman–Crippen MR) is 67.8 cm³/mol. The summed E-state index contributed by atoms with van der Waals surface area (Å²) in [5.74, 6) is -1.54. The number of rotatable bonds is 3. The molecule has 0 unspecified atom stereocenters. The van der Waals surface area contributed by atoms with Crippen LogP contribution < -0.4 is 5.32 Å². The fraction of sp³-hybridized carbons (Fsp3) is 0. The van der Waals surface area contributed by atoms with Crippen LogP contribution in [0.3, 0.4) is 0 Å². The molecular weight excluding hydrogens is 247 g/mol. The van der Waals surface area contributed by atoms with Gasteiger partial charge in [-0.15, -0.1) is 0 Å². The van der Waals surface area contributed by atoms with Crippen molar-refractivity contribution >= 4 is 17.3 Å². The van der Waals surface area contributed by atoms with Gasteiger partial charge in [-0.3, -0.25) is 0 Å². The largest absolute Gasteiger partial charge is 0.478 e. The van der Waals surface area contributed by atoms with Crippen molar-refractivity contribution in [2.75, 3.05) is 5.32 Å². The highest BCUT2D eigenvalue weighted by Gasteiger charge is 2.06. The van der Waals surface area contributed by atoms with Crippen LogP contribution in [0.5, 0.6) is 0 Å². The summed E-state index contributed by atoms with van der Waals surface area (Å²) in [5.41, 5.74) is 1.22. The molecule has 94 valence electrons. The van der Waals surface area contributed by atoms with Crippen LogP contribution in [0.25, 0.3) is 0 Å². The van der Waals surface area contributed by atoms with Gasteiger partial charge in [0, 0.05) is 5.69 Å². The Kier molecular flexibility index (Phi) is 3.44. The summed E-state index contributed by atoms with van der Waals surface area (Å²) in [6.45, 7) is 0. The van der Waals surface area contributed by atoms with Crippen LogP contribution in [0, 0.1) is 17.1 Å². The van der Waals surface area contributed by atoms with E-state index in [1.54, 1.807) is 12.1 Å². The molecule has 0 amide bonds. The van der Waals surface area contributed by atoms with Gasteiger partial charge in [0.05, 0.1) is 16.8 Å². The molecule has 19 heavy (non-hydrogen) atoms. The fourth-order valence-corrected chi connectivity index (χ4v) is 1.60. The van der Waals surface area contributed by atoms with Gasteiger partial charge in [0.25, 0.3) is 0 Å². The standard InChI is InChI=1S/C14H9FN2O2/c15-11-4-5-13(10(6-11)8-16)17-12-3-1-2-9(7-12)14(18)19/h1-7,17H,(H,18,19). The summed E-state index contributed by atoms with van der Waals surface area (Å²) in [4.78, 5) is 10.8. The molecule has 5 heteroatoms. The van der Waals surface area contributed by atoms with Crippen molar-refractivity contribution in [1.82, 2.24) is 0 Å². The number of carboxylic acid groups (broad SMARTS) is 1. The lowest BCUT2D eigenvalue weighted by Gasteiger charge is -2.08. The first kappa shape index (κ1) is 12.6. The number of hydrogen-bond donors (Lipinski definition) is 2. The number of nitrogens with one attached hydrogen (secondary N) is 1. The van der Waals surface area contributed by atoms with E-state index < -0.39 is 11.8 Å². The molecule has 0 aromatic heterocycles. The summed E-state index contributed by atoms with van der Waals surface area (Å²) < 4.78 is 13.0. The number of benzene rings is 2. The lowest BCUT2D eigenvalue weighted by atomic mass is 10.1. The molecule has 0 saturated carbocycles. The molecule has 2 rings (SSSR count). The van der Waals surface area contributed by atoms with Gasteiger partial charge in [-0.2, -0.15) is 5.26 Å². The zero-order valence-corrected chi connectivity index (χ0v) is 9.72. The van der Waals surface area contributed by atoms with Crippen LogP contribution in [-0.4, -0.2) is 11.1 Å². The van der Waals surface area contributed by atoms with E-state index in [0.29, 0.717) is 11.4 Å². The number of aromatic carboxylic acids is 1. The third-order valence-corrected chi connectivity index (χ3v) is 2.49. The van der Waals surface area contributed by atoms with Crippen LogP contribution in [-0.2, 0) is 0 Å². The van der Waals surface area contributed by atoms with Gasteiger partial charge >= 0.3 is 5.97 Å². The lowest BCUT2D eigenvalue weighted by Crippen LogP contribution is -1.99. The SMILES string of the molecule is N#Cc1cc(F)ccc1Nc1cccc(C(=O)O)c1. The summed E-state index contributed by atoms with van der Waals surface area (Å²) >= 11 is 0. The minimum absolute atomic E-state index is 0.130. The van der Waals surface area contributed by atoms with Gasteiger partial charge in [0.1, 0.15) is 11.9 Å². The Hall–Kier alpha value is -2.87. The zero-order chi connectivity index (χ0) is 13.8. The summed E-state index contributed by atoms with van der Waals surface area (Å²) in [7, 11) is 0. The number of carbonyl (C=O) groups is 1. The molecule has 2 aromatic carbocycles. The van der Waals surface area contributed by atoms with Crippen molar-refractivity contribution in [3.63, 3.8) is 0 Å². The van der Waals surface area contributed by atoms with E-state index in [2.05, 4.69) is 5.32 Å². The molecule has 0 saturated heterocycles. The number of nitriles is 1. The normalized spacial score (nSPS) is 9.68. The van der Waals surface area contributed by atoms with Gasteiger partial charge in [-0.1, -0.05) is 6.07 Å². The van der Waals surface area contributed by atoms with Crippen LogP contribution in [0.1, 0.15) is 15.9 Å². The fourth-order valence-electron chi connectivity index (χ4n) is 1.60. The predicted octanol–water partition coefficient (Wildman–Crippen LogP) is 3.14. The topological polar surface area (TPSA) is 73.1 Å². The van der Waals surface area contributed by atoms with E-state index in [4.69, 9.17) is 10.4 Å². The van der Waals surface area contributed by atoms with E-state index in [9.17, 15) is 9.18 Å². The molecule has 2 aromatic rings. The van der Waals surface area contributed by atoms with E-state index >= 15 is 0 Å². The lowest BCUT2D eigenvalue weighted by molar-refractivity contribution is 0.0697. The minimum atomic E-state index is -1.04. The summed E-state index contributed by atoms with van der Waals surface area (Å²) in [5, 5.41) is 20.7. The maximum Gasteiger partial charge on any atom is 0.335 e. The maximum atomic E-state index is 13.0. The first-order chi connectivity index (χ1) is 9.10. The first-order valence-corrected chi connectivity index (χ1v) is 5.40. The Morgan fingerprint density at radius 3 is 2.74 bits per heavy atom. The van der Waals surface area contributed by atoms with Crippen molar-refractivity contribution in [2.45, 2.75) is 0 Å². The molecule has 4 nitrogen and oxygen atoms in total. The van der Waals surface area contributed by atoms with Gasteiger partial charge in [0.15, 0.2) is 0 Å². The molecule has 0 radical (unpaired) electrons. The van der Waals surface area contributed by atoms with Crippen LogP contribution in [0.15, 0.2) is 42.5 Å². The quantitative estimate of drug-likeness (QED) is 0.884. The van der Waals surface area contributed by atoms with Crippen molar-refractivity contribution < 1.29 is 14.3 Å². The van der Waals surface area contributed by atoms with Crippen molar-refractivity contribution in [3.8, 4) is 6.07 Å². The molecule has 0 spiro atoms. The molecule has 0 aliphatic carbocycles. The average Bonchev–Trinajstić information content (AvgIpc) is 2.41. The van der Waals surface area contributed by atoms with Crippen molar-refractivity contribution in [1.29, 1.82) is 5.26 Å². The van der Waals surface area contributed by atoms with Gasteiger partial charge in [-0.25, -0.2) is 9.18 Å². The molecule has 0 fully saturated rings. The Bertz CT molecular complexity index is 677. The minimum Gasteiger partial charge on any atom is -0.478 e. The van der Waals surface area contributed by atoms with E-state index in [1.165, 1.54) is 24.3 Å². The smallest absolute Gasteiger partial charge is 0.335 e. The van der Waals surface area contributed by atoms with Gasteiger partial charge in [-0.05, 0) is 36.4 Å². The monoisotopic (exact) mass is 256 g/mol. The molecule has 0 aliphatic heterocycles. The highest BCUT2D eigenvalue weighted by atomic mass is 19.1. The van der Waals surface area contributed by atoms with Crippen LogP contribution >= 0.6 is 0 Å². The summed E-state index contributed by atoms with van der Waals surface area (Å²) in [6, 6.07) is 11.8. The second-order valence-corrected chi connectivity index (χ2v) is 3.81. The number of halogens is 1. The van der Waals surface area contributed by atoms with E-state index in [-0.39, 0.29) is 11.1 Å². The second kappa shape index (κ2) is 5.19. The Labute approximate surface area is 108 Å². The number of anilines is 2. The molecule has 0 bridgehead atoms. The van der Waals surface area contributed by atoms with Gasteiger partial charge in [0.2, 0.25) is 0 Å². The third kappa shape index (κ3) is 2.87. The molecule has 2 N–H and O–H groups in total. The maximum absolute atomic E-state index is 13.0. The highest BCUT2D eigenvalue weighted by Crippen LogP contribution is 2.22. The number of carboxylic acids is 1. The summed E-state index contributed by atoms with van der Waals surface area (Å²) in [6.07, 6.45) is 0. The zero-order valence-electron chi connectivity index (χ0n) is 9.72. The number of nitrogens with zero attached hydrogens (tertiary/aromatic N) is 1.